The molecular weight excluding hydrogens is 318 g/mol. The number of nitrogens with one attached hydrogen (secondary N) is 2. The van der Waals surface area contributed by atoms with Crippen molar-refractivity contribution < 1.29 is 9.53 Å². The Hall–Kier alpha value is -2.25. The van der Waals surface area contributed by atoms with Gasteiger partial charge in [0.15, 0.2) is 6.10 Å². The predicted molar refractivity (Wildman–Crippen MR) is 91.7 cm³/mol. The van der Waals surface area contributed by atoms with Crippen LogP contribution in [0.25, 0.3) is 0 Å². The molecule has 2 aromatic rings. The normalized spacial score (nSPS) is 21.7. The van der Waals surface area contributed by atoms with Crippen molar-refractivity contribution in [2.45, 2.75) is 44.6 Å². The fraction of sp³-hybridized carbons (Fsp3) is 0.500. The second-order valence-corrected chi connectivity index (χ2v) is 6.72. The fourth-order valence-electron chi connectivity index (χ4n) is 3.71. The molecule has 1 amide bonds. The summed E-state index contributed by atoms with van der Waals surface area (Å²) in [4.78, 5) is 21.5. The highest BCUT2D eigenvalue weighted by Crippen LogP contribution is 2.38. The molecule has 1 unspecified atom stereocenters. The van der Waals surface area contributed by atoms with E-state index in [9.17, 15) is 4.79 Å². The Morgan fingerprint density at radius 2 is 2.24 bits per heavy atom. The van der Waals surface area contributed by atoms with Gasteiger partial charge in [-0.05, 0) is 44.5 Å². The number of nitrogens with zero attached hydrogens (tertiary/aromatic N) is 3. The zero-order valence-corrected chi connectivity index (χ0v) is 14.4. The van der Waals surface area contributed by atoms with E-state index in [1.165, 1.54) is 0 Å². The predicted octanol–water partition coefficient (Wildman–Crippen LogP) is 0.880. The third-order valence-electron chi connectivity index (χ3n) is 5.13. The molecule has 1 atom stereocenters. The van der Waals surface area contributed by atoms with E-state index in [4.69, 9.17) is 4.74 Å². The molecule has 0 radical (unpaired) electrons. The van der Waals surface area contributed by atoms with E-state index in [2.05, 4.69) is 25.2 Å². The smallest absolute Gasteiger partial charge is 0.251 e. The van der Waals surface area contributed by atoms with Crippen molar-refractivity contribution in [1.29, 1.82) is 0 Å². The SMILES string of the molecule is Cc1ncccc1CNC(=O)C1Cn2ccnc2C2(CCNCC2)O1. The van der Waals surface area contributed by atoms with Crippen LogP contribution in [0.1, 0.15) is 29.9 Å². The molecule has 2 aliphatic rings. The van der Waals surface area contributed by atoms with Crippen LogP contribution in [0, 0.1) is 6.92 Å². The van der Waals surface area contributed by atoms with Gasteiger partial charge in [0.05, 0.1) is 6.54 Å². The summed E-state index contributed by atoms with van der Waals surface area (Å²) in [7, 11) is 0. The van der Waals surface area contributed by atoms with E-state index in [0.717, 1.165) is 43.0 Å². The van der Waals surface area contributed by atoms with Crippen LogP contribution in [0.5, 0.6) is 0 Å². The van der Waals surface area contributed by atoms with Crippen molar-refractivity contribution in [2.24, 2.45) is 0 Å². The van der Waals surface area contributed by atoms with E-state index < -0.39 is 11.7 Å². The highest BCUT2D eigenvalue weighted by molar-refractivity contribution is 5.81. The lowest BCUT2D eigenvalue weighted by molar-refractivity contribution is -0.168. The maximum absolute atomic E-state index is 12.7. The van der Waals surface area contributed by atoms with Crippen molar-refractivity contribution in [3.05, 3.63) is 47.8 Å². The van der Waals surface area contributed by atoms with Gasteiger partial charge in [-0.15, -0.1) is 0 Å². The molecular formula is C18H23N5O2. The monoisotopic (exact) mass is 341 g/mol. The molecule has 4 heterocycles. The van der Waals surface area contributed by atoms with Crippen molar-refractivity contribution >= 4 is 5.91 Å². The topological polar surface area (TPSA) is 81.1 Å². The number of carbonyl (C=O) groups is 1. The zero-order chi connectivity index (χ0) is 17.3. The number of fused-ring (bicyclic) bond motifs is 2. The Balaban J connectivity index is 1.49. The number of aromatic nitrogens is 3. The first-order valence-corrected chi connectivity index (χ1v) is 8.76. The molecule has 0 aliphatic carbocycles. The summed E-state index contributed by atoms with van der Waals surface area (Å²) in [6.07, 6.45) is 6.64. The van der Waals surface area contributed by atoms with Crippen LogP contribution in [-0.2, 0) is 28.2 Å². The van der Waals surface area contributed by atoms with Crippen LogP contribution in [0.2, 0.25) is 0 Å². The largest absolute Gasteiger partial charge is 0.352 e. The van der Waals surface area contributed by atoms with Crippen molar-refractivity contribution in [2.75, 3.05) is 13.1 Å². The molecule has 1 saturated heterocycles. The minimum absolute atomic E-state index is 0.0829. The van der Waals surface area contributed by atoms with Crippen LogP contribution < -0.4 is 10.6 Å². The first kappa shape index (κ1) is 16.2. The number of amides is 1. The Morgan fingerprint density at radius 3 is 3.04 bits per heavy atom. The molecule has 1 spiro atoms. The Morgan fingerprint density at radius 1 is 1.40 bits per heavy atom. The highest BCUT2D eigenvalue weighted by atomic mass is 16.5. The molecule has 1 fully saturated rings. The molecule has 2 aliphatic heterocycles. The summed E-state index contributed by atoms with van der Waals surface area (Å²) < 4.78 is 8.39. The third-order valence-corrected chi connectivity index (χ3v) is 5.13. The number of aryl methyl sites for hydroxylation is 1. The molecule has 0 saturated carbocycles. The number of hydrogen-bond acceptors (Lipinski definition) is 5. The van der Waals surface area contributed by atoms with Crippen LogP contribution in [-0.4, -0.2) is 39.6 Å². The maximum Gasteiger partial charge on any atom is 0.251 e. The summed E-state index contributed by atoms with van der Waals surface area (Å²) in [5, 5.41) is 6.35. The molecule has 0 bridgehead atoms. The molecule has 4 rings (SSSR count). The zero-order valence-electron chi connectivity index (χ0n) is 14.4. The van der Waals surface area contributed by atoms with E-state index in [-0.39, 0.29) is 5.91 Å². The maximum atomic E-state index is 12.7. The summed E-state index contributed by atoms with van der Waals surface area (Å²) in [5.41, 5.74) is 1.49. The second kappa shape index (κ2) is 6.57. The fourth-order valence-corrected chi connectivity index (χ4v) is 3.71. The van der Waals surface area contributed by atoms with Gasteiger partial charge in [-0.2, -0.15) is 0 Å². The number of rotatable bonds is 3. The van der Waals surface area contributed by atoms with Gasteiger partial charge >= 0.3 is 0 Å². The lowest BCUT2D eigenvalue weighted by Crippen LogP contribution is -2.53. The van der Waals surface area contributed by atoms with E-state index in [1.54, 1.807) is 12.4 Å². The first-order valence-electron chi connectivity index (χ1n) is 8.76. The van der Waals surface area contributed by atoms with Crippen LogP contribution in [0.3, 0.4) is 0 Å². The van der Waals surface area contributed by atoms with Crippen molar-refractivity contribution in [3.63, 3.8) is 0 Å². The lowest BCUT2D eigenvalue weighted by atomic mass is 9.89. The summed E-state index contributed by atoms with van der Waals surface area (Å²) in [6, 6.07) is 3.86. The Bertz CT molecular complexity index is 766. The average Bonchev–Trinajstić information content (AvgIpc) is 3.11. The Labute approximate surface area is 146 Å². The number of ether oxygens (including phenoxy) is 1. The summed E-state index contributed by atoms with van der Waals surface area (Å²) >= 11 is 0. The molecule has 7 nitrogen and oxygen atoms in total. The van der Waals surface area contributed by atoms with Crippen LogP contribution >= 0.6 is 0 Å². The van der Waals surface area contributed by atoms with Gasteiger partial charge in [0.2, 0.25) is 0 Å². The number of hydrogen-bond donors (Lipinski definition) is 2. The number of pyridine rings is 1. The average molecular weight is 341 g/mol. The standard InChI is InChI=1S/C18H23N5O2/c1-13-14(3-2-6-20-13)11-22-16(24)15-12-23-10-9-21-17(23)18(25-15)4-7-19-8-5-18/h2-3,6,9-10,15,19H,4-5,7-8,11-12H2,1H3,(H,22,24). The third kappa shape index (κ3) is 3.05. The van der Waals surface area contributed by atoms with Gasteiger partial charge in [0, 0.05) is 30.8 Å². The molecule has 132 valence electrons. The summed E-state index contributed by atoms with van der Waals surface area (Å²) in [6.45, 7) is 4.65. The molecule has 25 heavy (non-hydrogen) atoms. The van der Waals surface area contributed by atoms with Crippen LogP contribution in [0.15, 0.2) is 30.7 Å². The second-order valence-electron chi connectivity index (χ2n) is 6.72. The molecule has 7 heteroatoms. The molecule has 2 aromatic heterocycles. The minimum Gasteiger partial charge on any atom is -0.352 e. The number of imidazole rings is 1. The number of piperidine rings is 1. The van der Waals surface area contributed by atoms with Gasteiger partial charge in [0.25, 0.3) is 5.91 Å². The lowest BCUT2D eigenvalue weighted by Gasteiger charge is -2.43. The van der Waals surface area contributed by atoms with Gasteiger partial charge < -0.3 is 19.9 Å². The quantitative estimate of drug-likeness (QED) is 0.866. The molecule has 2 N–H and O–H groups in total. The van der Waals surface area contributed by atoms with Crippen molar-refractivity contribution in [3.8, 4) is 0 Å². The van der Waals surface area contributed by atoms with E-state index in [1.807, 2.05) is 25.3 Å². The van der Waals surface area contributed by atoms with E-state index in [0.29, 0.717) is 13.1 Å². The highest BCUT2D eigenvalue weighted by Gasteiger charge is 2.45. The van der Waals surface area contributed by atoms with Gasteiger partial charge in [0.1, 0.15) is 11.4 Å². The van der Waals surface area contributed by atoms with Gasteiger partial charge in [-0.3, -0.25) is 9.78 Å². The molecule has 0 aromatic carbocycles. The van der Waals surface area contributed by atoms with Gasteiger partial charge in [-0.1, -0.05) is 6.07 Å². The first-order chi connectivity index (χ1) is 12.2. The van der Waals surface area contributed by atoms with Crippen LogP contribution in [0.4, 0.5) is 0 Å². The summed E-state index contributed by atoms with van der Waals surface area (Å²) in [5.74, 6) is 0.863. The van der Waals surface area contributed by atoms with E-state index >= 15 is 0 Å². The van der Waals surface area contributed by atoms with Gasteiger partial charge in [-0.25, -0.2) is 4.98 Å². The number of carbonyl (C=O) groups excluding carboxylic acids is 1. The Kier molecular flexibility index (Phi) is 4.27. The van der Waals surface area contributed by atoms with Crippen molar-refractivity contribution in [1.82, 2.24) is 25.2 Å². The minimum atomic E-state index is -0.503.